The van der Waals surface area contributed by atoms with Gasteiger partial charge in [-0.3, -0.25) is 9.88 Å². The third-order valence-electron chi connectivity index (χ3n) is 7.79. The lowest BCUT2D eigenvalue weighted by molar-refractivity contribution is -0.0669. The Hall–Kier alpha value is -2.18. The van der Waals surface area contributed by atoms with Crippen LogP contribution in [0.15, 0.2) is 36.5 Å². The molecule has 1 aromatic heterocycles. The van der Waals surface area contributed by atoms with E-state index in [1.807, 2.05) is 29.3 Å². The second-order valence-electron chi connectivity index (χ2n) is 9.53. The van der Waals surface area contributed by atoms with Crippen molar-refractivity contribution >= 4 is 17.0 Å². The smallest absolute Gasteiger partial charge is 0.410 e. The van der Waals surface area contributed by atoms with Crippen molar-refractivity contribution in [2.75, 3.05) is 46.3 Å². The number of ether oxygens (including phenoxy) is 1. The molecule has 1 amide bonds. The third kappa shape index (κ3) is 4.03. The highest BCUT2D eigenvalue weighted by Gasteiger charge is 2.44. The molecule has 4 fully saturated rings. The molecule has 5 unspecified atom stereocenters. The summed E-state index contributed by atoms with van der Waals surface area (Å²) >= 11 is 0. The summed E-state index contributed by atoms with van der Waals surface area (Å²) < 4.78 is 6.38. The van der Waals surface area contributed by atoms with Gasteiger partial charge in [0.2, 0.25) is 0 Å². The average Bonchev–Trinajstić information content (AvgIpc) is 2.82. The molecular weight excluding hydrogens is 388 g/mol. The molecule has 0 spiro atoms. The summed E-state index contributed by atoms with van der Waals surface area (Å²) in [6.07, 6.45) is 5.03. The summed E-state index contributed by atoms with van der Waals surface area (Å²) in [7, 11) is 2.10. The minimum absolute atomic E-state index is 0.173. The highest BCUT2D eigenvalue weighted by Crippen LogP contribution is 2.44. The average molecular weight is 423 g/mol. The molecule has 2 bridgehead atoms. The number of benzene rings is 1. The van der Waals surface area contributed by atoms with Gasteiger partial charge in [-0.2, -0.15) is 0 Å². The second-order valence-corrected chi connectivity index (χ2v) is 9.53. The Labute approximate surface area is 185 Å². The molecule has 0 N–H and O–H groups in total. The zero-order valence-corrected chi connectivity index (χ0v) is 18.7. The minimum Gasteiger partial charge on any atom is -0.440 e. The maximum Gasteiger partial charge on any atom is 0.410 e. The van der Waals surface area contributed by atoms with Crippen LogP contribution in [0.1, 0.15) is 37.9 Å². The molecule has 0 radical (unpaired) electrons. The molecule has 4 aliphatic heterocycles. The maximum absolute atomic E-state index is 13.2. The van der Waals surface area contributed by atoms with Gasteiger partial charge in [0.1, 0.15) is 6.10 Å². The number of piperazine rings is 1. The lowest BCUT2D eigenvalue weighted by atomic mass is 9.72. The van der Waals surface area contributed by atoms with E-state index in [0.29, 0.717) is 0 Å². The highest BCUT2D eigenvalue weighted by atomic mass is 16.6. The number of pyridine rings is 1. The molecule has 6 nitrogen and oxygen atoms in total. The van der Waals surface area contributed by atoms with Crippen LogP contribution in [0, 0.1) is 11.8 Å². The van der Waals surface area contributed by atoms with Crippen molar-refractivity contribution in [3.05, 3.63) is 42.1 Å². The van der Waals surface area contributed by atoms with Crippen LogP contribution in [0.25, 0.3) is 10.9 Å². The Bertz CT molecular complexity index is 921. The van der Waals surface area contributed by atoms with Gasteiger partial charge in [0, 0.05) is 49.9 Å². The van der Waals surface area contributed by atoms with E-state index < -0.39 is 0 Å². The molecule has 0 aliphatic carbocycles. The van der Waals surface area contributed by atoms with E-state index in [0.717, 1.165) is 74.0 Å². The summed E-state index contributed by atoms with van der Waals surface area (Å²) in [5.41, 5.74) is 2.06. The first kappa shape index (κ1) is 20.7. The molecule has 6 heteroatoms. The van der Waals surface area contributed by atoms with E-state index in [2.05, 4.69) is 40.9 Å². The Balaban J connectivity index is 1.46. The van der Waals surface area contributed by atoms with Crippen LogP contribution < -0.4 is 0 Å². The zero-order valence-electron chi connectivity index (χ0n) is 18.7. The van der Waals surface area contributed by atoms with Crippen molar-refractivity contribution in [2.45, 2.75) is 38.3 Å². The van der Waals surface area contributed by atoms with E-state index >= 15 is 0 Å². The first-order valence-electron chi connectivity index (χ1n) is 11.9. The minimum atomic E-state index is -0.263. The van der Waals surface area contributed by atoms with Gasteiger partial charge < -0.3 is 14.5 Å². The highest BCUT2D eigenvalue weighted by molar-refractivity contribution is 5.82. The van der Waals surface area contributed by atoms with Gasteiger partial charge in [0.05, 0.1) is 11.6 Å². The van der Waals surface area contributed by atoms with Gasteiger partial charge in [-0.25, -0.2) is 4.79 Å². The first-order chi connectivity index (χ1) is 15.1. The fraction of sp³-hybridized carbons (Fsp3) is 0.600. The van der Waals surface area contributed by atoms with E-state index in [-0.39, 0.29) is 18.2 Å². The molecule has 31 heavy (non-hydrogen) atoms. The molecule has 0 saturated carbocycles. The zero-order chi connectivity index (χ0) is 21.4. The molecule has 166 valence electrons. The lowest BCUT2D eigenvalue weighted by Crippen LogP contribution is -2.56. The van der Waals surface area contributed by atoms with Crippen LogP contribution in [0.4, 0.5) is 4.79 Å². The van der Waals surface area contributed by atoms with Crippen LogP contribution in [-0.4, -0.2) is 78.1 Å². The van der Waals surface area contributed by atoms with E-state index in [1.54, 1.807) is 0 Å². The van der Waals surface area contributed by atoms with Crippen molar-refractivity contribution in [1.82, 2.24) is 19.7 Å². The van der Waals surface area contributed by atoms with Crippen LogP contribution in [-0.2, 0) is 4.74 Å². The summed E-state index contributed by atoms with van der Waals surface area (Å²) in [4.78, 5) is 24.5. The van der Waals surface area contributed by atoms with Crippen molar-refractivity contribution in [3.8, 4) is 0 Å². The molecule has 1 aromatic carbocycles. The molecule has 4 aliphatic rings. The van der Waals surface area contributed by atoms with Crippen molar-refractivity contribution < 1.29 is 9.53 Å². The van der Waals surface area contributed by atoms with Crippen molar-refractivity contribution in [3.63, 3.8) is 0 Å². The maximum atomic E-state index is 13.2. The molecule has 5 atom stereocenters. The quantitative estimate of drug-likeness (QED) is 0.751. The number of amides is 1. The van der Waals surface area contributed by atoms with E-state index in [9.17, 15) is 4.79 Å². The SMILES string of the molecule is CCC1CN2CCC1CC2C(OC(=O)N1CCN(C)CC1)c1ccnc2ccccc12. The molecule has 4 saturated heterocycles. The number of hydrogen-bond donors (Lipinski definition) is 0. The Kier molecular flexibility index (Phi) is 5.85. The number of fused-ring (bicyclic) bond motifs is 4. The number of para-hydroxylation sites is 1. The fourth-order valence-corrected chi connectivity index (χ4v) is 5.84. The topological polar surface area (TPSA) is 48.9 Å². The molecular formula is C25H34N4O2. The molecule has 6 rings (SSSR count). The van der Waals surface area contributed by atoms with Gasteiger partial charge in [0.25, 0.3) is 0 Å². The van der Waals surface area contributed by atoms with Gasteiger partial charge in [0.15, 0.2) is 0 Å². The van der Waals surface area contributed by atoms with Crippen LogP contribution >= 0.6 is 0 Å². The standard InChI is InChI=1S/C25H34N4O2/c1-3-18-17-29-11-9-19(18)16-23(29)24(31-25(30)28-14-12-27(2)13-15-28)21-8-10-26-22-7-5-4-6-20(21)22/h4-8,10,18-19,23-24H,3,9,11-17H2,1-2H3. The Morgan fingerprint density at radius 2 is 1.97 bits per heavy atom. The number of hydrogen-bond acceptors (Lipinski definition) is 5. The number of likely N-dealkylation sites (N-methyl/N-ethyl adjacent to an activating group) is 1. The number of carbonyl (C=O) groups is 1. The Morgan fingerprint density at radius 3 is 2.71 bits per heavy atom. The largest absolute Gasteiger partial charge is 0.440 e. The van der Waals surface area contributed by atoms with Crippen LogP contribution in [0.2, 0.25) is 0 Å². The van der Waals surface area contributed by atoms with E-state index in [1.165, 1.54) is 12.8 Å². The fourth-order valence-electron chi connectivity index (χ4n) is 5.84. The number of nitrogens with zero attached hydrogens (tertiary/aromatic N) is 4. The van der Waals surface area contributed by atoms with Crippen LogP contribution in [0.3, 0.4) is 0 Å². The summed E-state index contributed by atoms with van der Waals surface area (Å²) in [6, 6.07) is 10.5. The van der Waals surface area contributed by atoms with E-state index in [4.69, 9.17) is 4.74 Å². The van der Waals surface area contributed by atoms with Gasteiger partial charge >= 0.3 is 6.09 Å². The predicted octanol–water partition coefficient (Wildman–Crippen LogP) is 3.78. The van der Waals surface area contributed by atoms with Gasteiger partial charge in [-0.05, 0) is 50.4 Å². The monoisotopic (exact) mass is 422 g/mol. The second kappa shape index (κ2) is 8.75. The van der Waals surface area contributed by atoms with Crippen molar-refractivity contribution in [1.29, 1.82) is 0 Å². The number of rotatable bonds is 4. The summed E-state index contributed by atoms with van der Waals surface area (Å²) in [6.45, 7) is 7.79. The molecule has 5 heterocycles. The first-order valence-corrected chi connectivity index (χ1v) is 11.9. The summed E-state index contributed by atoms with van der Waals surface area (Å²) in [5.74, 6) is 1.51. The molecule has 2 aromatic rings. The number of carbonyl (C=O) groups excluding carboxylic acids is 1. The summed E-state index contributed by atoms with van der Waals surface area (Å²) in [5, 5.41) is 1.09. The normalized spacial score (nSPS) is 29.8. The van der Waals surface area contributed by atoms with Gasteiger partial charge in [-0.15, -0.1) is 0 Å². The number of piperidine rings is 3. The van der Waals surface area contributed by atoms with Gasteiger partial charge in [-0.1, -0.05) is 31.5 Å². The number of aromatic nitrogens is 1. The third-order valence-corrected chi connectivity index (χ3v) is 7.79. The Morgan fingerprint density at radius 1 is 1.16 bits per heavy atom. The lowest BCUT2D eigenvalue weighted by Gasteiger charge is -2.52. The van der Waals surface area contributed by atoms with Crippen molar-refractivity contribution in [2.24, 2.45) is 11.8 Å². The predicted molar refractivity (Wildman–Crippen MR) is 122 cm³/mol. The van der Waals surface area contributed by atoms with Crippen LogP contribution in [0.5, 0.6) is 0 Å².